The van der Waals surface area contributed by atoms with E-state index in [0.717, 1.165) is 18.5 Å². The van der Waals surface area contributed by atoms with Crippen LogP contribution in [0.2, 0.25) is 0 Å². The highest BCUT2D eigenvalue weighted by atomic mass is 16.1. The van der Waals surface area contributed by atoms with Crippen molar-refractivity contribution >= 4 is 5.91 Å². The van der Waals surface area contributed by atoms with Crippen molar-refractivity contribution in [3.05, 3.63) is 35.9 Å². The number of unbranched alkanes of at least 4 members (excludes halogenated alkanes) is 13. The van der Waals surface area contributed by atoms with Gasteiger partial charge < -0.3 is 5.32 Å². The Balaban J connectivity index is 1.77. The van der Waals surface area contributed by atoms with Gasteiger partial charge in [-0.3, -0.25) is 4.79 Å². The molecule has 2 heteroatoms. The van der Waals surface area contributed by atoms with Gasteiger partial charge in [-0.15, -0.1) is 0 Å². The maximum absolute atomic E-state index is 11.8. The number of amides is 1. The molecule has 26 heavy (non-hydrogen) atoms. The monoisotopic (exact) mass is 359 g/mol. The maximum Gasteiger partial charge on any atom is 0.224 e. The normalized spacial score (nSPS) is 10.8. The average Bonchev–Trinajstić information content (AvgIpc) is 2.65. The number of nitrogens with one attached hydrogen (secondary N) is 1. The molecular weight excluding hydrogens is 318 g/mol. The van der Waals surface area contributed by atoms with Crippen LogP contribution in [0.5, 0.6) is 0 Å². The summed E-state index contributed by atoms with van der Waals surface area (Å²) in [5.74, 6) is 0.144. The van der Waals surface area contributed by atoms with Crippen molar-refractivity contribution in [1.82, 2.24) is 5.32 Å². The SMILES string of the molecule is CCCCCCCCCCCCCCCCNC(=O)Cc1ccccc1. The third-order valence-corrected chi connectivity index (χ3v) is 5.06. The lowest BCUT2D eigenvalue weighted by molar-refractivity contribution is -0.120. The lowest BCUT2D eigenvalue weighted by atomic mass is 10.0. The summed E-state index contributed by atoms with van der Waals surface area (Å²) in [5.41, 5.74) is 1.09. The second kappa shape index (κ2) is 17.1. The quantitative estimate of drug-likeness (QED) is 0.304. The molecule has 0 bridgehead atoms. The van der Waals surface area contributed by atoms with Gasteiger partial charge in [-0.05, 0) is 12.0 Å². The summed E-state index contributed by atoms with van der Waals surface area (Å²) >= 11 is 0. The van der Waals surface area contributed by atoms with Crippen molar-refractivity contribution in [2.24, 2.45) is 0 Å². The van der Waals surface area contributed by atoms with Crippen LogP contribution >= 0.6 is 0 Å². The zero-order valence-electron chi connectivity index (χ0n) is 17.1. The van der Waals surface area contributed by atoms with Crippen molar-refractivity contribution in [2.75, 3.05) is 6.54 Å². The van der Waals surface area contributed by atoms with E-state index in [4.69, 9.17) is 0 Å². The molecule has 1 amide bonds. The highest BCUT2D eigenvalue weighted by Gasteiger charge is 2.01. The van der Waals surface area contributed by atoms with Crippen LogP contribution in [0.15, 0.2) is 30.3 Å². The molecule has 0 spiro atoms. The summed E-state index contributed by atoms with van der Waals surface area (Å²) in [5, 5.41) is 3.04. The van der Waals surface area contributed by atoms with Gasteiger partial charge in [0.1, 0.15) is 0 Å². The minimum Gasteiger partial charge on any atom is -0.356 e. The summed E-state index contributed by atoms with van der Waals surface area (Å²) in [7, 11) is 0. The molecule has 0 fully saturated rings. The van der Waals surface area contributed by atoms with Crippen LogP contribution in [0.1, 0.15) is 102 Å². The summed E-state index contributed by atoms with van der Waals surface area (Å²) in [4.78, 5) is 11.8. The van der Waals surface area contributed by atoms with E-state index in [-0.39, 0.29) is 5.91 Å². The minimum absolute atomic E-state index is 0.144. The van der Waals surface area contributed by atoms with Crippen LogP contribution in [-0.4, -0.2) is 12.5 Å². The zero-order valence-corrected chi connectivity index (χ0v) is 17.1. The van der Waals surface area contributed by atoms with Gasteiger partial charge in [0.2, 0.25) is 5.91 Å². The first kappa shape index (κ1) is 22.7. The van der Waals surface area contributed by atoms with Gasteiger partial charge in [-0.2, -0.15) is 0 Å². The molecule has 2 nitrogen and oxygen atoms in total. The highest BCUT2D eigenvalue weighted by Crippen LogP contribution is 2.12. The van der Waals surface area contributed by atoms with Crippen LogP contribution in [0, 0.1) is 0 Å². The standard InChI is InChI=1S/C24H41NO/c1-2-3-4-5-6-7-8-9-10-11-12-13-14-18-21-25-24(26)22-23-19-16-15-17-20-23/h15-17,19-20H,2-14,18,21-22H2,1H3,(H,25,26). The van der Waals surface area contributed by atoms with Gasteiger partial charge in [0.05, 0.1) is 6.42 Å². The number of hydrogen-bond acceptors (Lipinski definition) is 1. The molecule has 0 aliphatic heterocycles. The van der Waals surface area contributed by atoms with Crippen LogP contribution in [0.25, 0.3) is 0 Å². The van der Waals surface area contributed by atoms with E-state index in [9.17, 15) is 4.79 Å². The van der Waals surface area contributed by atoms with Crippen LogP contribution in [0.4, 0.5) is 0 Å². The predicted octanol–water partition coefficient (Wildman–Crippen LogP) is 6.83. The highest BCUT2D eigenvalue weighted by molar-refractivity contribution is 5.78. The van der Waals surface area contributed by atoms with Crippen molar-refractivity contribution in [3.8, 4) is 0 Å². The van der Waals surface area contributed by atoms with Gasteiger partial charge in [-0.25, -0.2) is 0 Å². The molecule has 0 heterocycles. The predicted molar refractivity (Wildman–Crippen MR) is 113 cm³/mol. The van der Waals surface area contributed by atoms with Gasteiger partial charge in [0, 0.05) is 6.54 Å². The molecular formula is C24H41NO. The lowest BCUT2D eigenvalue weighted by Crippen LogP contribution is -2.26. The number of benzene rings is 1. The summed E-state index contributed by atoms with van der Waals surface area (Å²) in [6.45, 7) is 3.10. The molecule has 0 saturated heterocycles. The van der Waals surface area contributed by atoms with E-state index in [0.29, 0.717) is 6.42 Å². The number of carbonyl (C=O) groups is 1. The molecule has 0 radical (unpaired) electrons. The van der Waals surface area contributed by atoms with Gasteiger partial charge in [0.25, 0.3) is 0 Å². The van der Waals surface area contributed by atoms with Crippen molar-refractivity contribution < 1.29 is 4.79 Å². The van der Waals surface area contributed by atoms with Crippen molar-refractivity contribution in [2.45, 2.75) is 103 Å². The largest absolute Gasteiger partial charge is 0.356 e. The number of hydrogen-bond donors (Lipinski definition) is 1. The van der Waals surface area contributed by atoms with E-state index in [2.05, 4.69) is 12.2 Å². The molecule has 0 aliphatic rings. The van der Waals surface area contributed by atoms with E-state index in [1.54, 1.807) is 0 Å². The Kier molecular flexibility index (Phi) is 15.0. The van der Waals surface area contributed by atoms with Gasteiger partial charge in [-0.1, -0.05) is 121 Å². The van der Waals surface area contributed by atoms with E-state index >= 15 is 0 Å². The molecule has 0 aromatic heterocycles. The fraction of sp³-hybridized carbons (Fsp3) is 0.708. The Morgan fingerprint density at radius 2 is 1.15 bits per heavy atom. The molecule has 1 rings (SSSR count). The first-order chi connectivity index (χ1) is 12.8. The molecule has 1 N–H and O–H groups in total. The number of rotatable bonds is 17. The number of carbonyl (C=O) groups excluding carboxylic acids is 1. The minimum atomic E-state index is 0.144. The third kappa shape index (κ3) is 13.9. The summed E-state index contributed by atoms with van der Waals surface area (Å²) in [6.07, 6.45) is 19.7. The Hall–Kier alpha value is -1.31. The van der Waals surface area contributed by atoms with Crippen LogP contribution in [0.3, 0.4) is 0 Å². The summed E-state index contributed by atoms with van der Waals surface area (Å²) in [6, 6.07) is 9.96. The lowest BCUT2D eigenvalue weighted by Gasteiger charge is -2.06. The van der Waals surface area contributed by atoms with Crippen molar-refractivity contribution in [3.63, 3.8) is 0 Å². The fourth-order valence-corrected chi connectivity index (χ4v) is 3.39. The first-order valence-corrected chi connectivity index (χ1v) is 11.1. The molecule has 0 aliphatic carbocycles. The molecule has 0 unspecified atom stereocenters. The second-order valence-electron chi connectivity index (χ2n) is 7.61. The van der Waals surface area contributed by atoms with E-state index < -0.39 is 0 Å². The Bertz CT molecular complexity index is 429. The molecule has 0 saturated carbocycles. The Morgan fingerprint density at radius 3 is 1.65 bits per heavy atom. The van der Waals surface area contributed by atoms with Crippen LogP contribution in [-0.2, 0) is 11.2 Å². The second-order valence-corrected chi connectivity index (χ2v) is 7.61. The molecule has 1 aromatic carbocycles. The van der Waals surface area contributed by atoms with E-state index in [1.807, 2.05) is 30.3 Å². The Morgan fingerprint density at radius 1 is 0.692 bits per heavy atom. The third-order valence-electron chi connectivity index (χ3n) is 5.06. The molecule has 0 atom stereocenters. The van der Waals surface area contributed by atoms with Gasteiger partial charge >= 0.3 is 0 Å². The fourth-order valence-electron chi connectivity index (χ4n) is 3.39. The molecule has 148 valence electrons. The average molecular weight is 360 g/mol. The van der Waals surface area contributed by atoms with Crippen molar-refractivity contribution in [1.29, 1.82) is 0 Å². The summed E-state index contributed by atoms with van der Waals surface area (Å²) < 4.78 is 0. The van der Waals surface area contributed by atoms with E-state index in [1.165, 1.54) is 83.5 Å². The van der Waals surface area contributed by atoms with Crippen LogP contribution < -0.4 is 5.32 Å². The van der Waals surface area contributed by atoms with Gasteiger partial charge in [0.15, 0.2) is 0 Å². The first-order valence-electron chi connectivity index (χ1n) is 11.1. The topological polar surface area (TPSA) is 29.1 Å². The smallest absolute Gasteiger partial charge is 0.224 e. The maximum atomic E-state index is 11.8. The Labute approximate surface area is 162 Å². The zero-order chi connectivity index (χ0) is 18.7. The molecule has 1 aromatic rings.